The molecule has 5 rings (SSSR count). The van der Waals surface area contributed by atoms with Gasteiger partial charge >= 0.3 is 0 Å². The molecule has 0 saturated carbocycles. The molecule has 3 heterocycles. The summed E-state index contributed by atoms with van der Waals surface area (Å²) in [4.78, 5) is 28.1. The predicted octanol–water partition coefficient (Wildman–Crippen LogP) is 5.77. The summed E-state index contributed by atoms with van der Waals surface area (Å²) in [5, 5.41) is 12.0. The van der Waals surface area contributed by atoms with Crippen molar-refractivity contribution >= 4 is 34.3 Å². The summed E-state index contributed by atoms with van der Waals surface area (Å²) in [6.45, 7) is 1.89. The van der Waals surface area contributed by atoms with Crippen molar-refractivity contribution in [1.82, 2.24) is 4.90 Å². The Balaban J connectivity index is 1.57. The molecule has 1 N–H and O–H groups in total. The van der Waals surface area contributed by atoms with Gasteiger partial charge in [-0.1, -0.05) is 23.7 Å². The van der Waals surface area contributed by atoms with Crippen LogP contribution in [-0.4, -0.2) is 28.8 Å². The second-order valence-corrected chi connectivity index (χ2v) is 8.46. The third-order valence-corrected chi connectivity index (χ3v) is 6.00. The lowest BCUT2D eigenvalue weighted by Crippen LogP contribution is -2.30. The monoisotopic (exact) mass is 477 g/mol. The summed E-state index contributed by atoms with van der Waals surface area (Å²) in [5.74, 6) is -0.326. The molecule has 34 heavy (non-hydrogen) atoms. The number of aliphatic hydroxyl groups excluding tert-OH is 1. The number of ether oxygens (including phenoxy) is 1. The second-order valence-electron chi connectivity index (χ2n) is 8.02. The van der Waals surface area contributed by atoms with Crippen LogP contribution in [0.2, 0.25) is 5.02 Å². The number of amides is 1. The van der Waals surface area contributed by atoms with Crippen molar-refractivity contribution in [3.63, 3.8) is 0 Å². The number of hydrogen-bond acceptors (Lipinski definition) is 6. The first-order valence-corrected chi connectivity index (χ1v) is 10.9. The van der Waals surface area contributed by atoms with Crippen LogP contribution in [0.15, 0.2) is 80.8 Å². The maximum atomic E-state index is 13.6. The number of benzene rings is 2. The van der Waals surface area contributed by atoms with Crippen molar-refractivity contribution in [2.45, 2.75) is 19.5 Å². The number of Topliss-reactive ketones (excluding diaryl/α,β-unsaturated/α-hetero) is 1. The van der Waals surface area contributed by atoms with Crippen LogP contribution in [0.3, 0.4) is 0 Å². The van der Waals surface area contributed by atoms with Crippen molar-refractivity contribution in [3.8, 4) is 5.75 Å². The van der Waals surface area contributed by atoms with Crippen LogP contribution in [0.1, 0.15) is 33.7 Å². The second kappa shape index (κ2) is 8.43. The number of ketones is 1. The number of furan rings is 2. The van der Waals surface area contributed by atoms with Gasteiger partial charge in [0, 0.05) is 17.0 Å². The number of methoxy groups -OCH3 is 1. The Morgan fingerprint density at radius 3 is 2.68 bits per heavy atom. The number of aryl methyl sites for hydroxylation is 1. The first-order chi connectivity index (χ1) is 16.4. The number of halogens is 1. The first-order valence-electron chi connectivity index (χ1n) is 10.5. The average Bonchev–Trinajstić information content (AvgIpc) is 3.51. The number of rotatable bonds is 6. The van der Waals surface area contributed by atoms with Gasteiger partial charge in [0.15, 0.2) is 11.5 Å². The molecule has 7 nitrogen and oxygen atoms in total. The number of hydrogen-bond donors (Lipinski definition) is 1. The number of fused-ring (bicyclic) bond motifs is 1. The standard InChI is InChI=1S/C26H20ClNO6/c1-14-6-8-20(33-14)23-22(24(29)21-12-16-11-17(27)7-9-19(16)34-21)25(30)26(31)28(23)13-15-4-3-5-18(10-15)32-2/h3-12,23,30H,13H2,1-2H3. The molecule has 8 heteroatoms. The van der Waals surface area contributed by atoms with Gasteiger partial charge in [-0.25, -0.2) is 0 Å². The molecular weight excluding hydrogens is 458 g/mol. The van der Waals surface area contributed by atoms with Crippen LogP contribution in [0.25, 0.3) is 11.0 Å². The zero-order chi connectivity index (χ0) is 24.0. The van der Waals surface area contributed by atoms with E-state index in [1.54, 1.807) is 68.6 Å². The lowest BCUT2D eigenvalue weighted by Gasteiger charge is -2.25. The summed E-state index contributed by atoms with van der Waals surface area (Å²) >= 11 is 6.05. The fourth-order valence-corrected chi connectivity index (χ4v) is 4.35. The van der Waals surface area contributed by atoms with Gasteiger partial charge in [0.2, 0.25) is 5.78 Å². The Morgan fingerprint density at radius 1 is 1.12 bits per heavy atom. The number of carbonyl (C=O) groups excluding carboxylic acids is 2. The largest absolute Gasteiger partial charge is 0.503 e. The van der Waals surface area contributed by atoms with E-state index in [2.05, 4.69) is 0 Å². The zero-order valence-corrected chi connectivity index (χ0v) is 19.1. The quantitative estimate of drug-likeness (QED) is 0.354. The lowest BCUT2D eigenvalue weighted by atomic mass is 9.99. The van der Waals surface area contributed by atoms with Gasteiger partial charge < -0.3 is 23.6 Å². The van der Waals surface area contributed by atoms with E-state index in [-0.39, 0.29) is 17.9 Å². The smallest absolute Gasteiger partial charge is 0.290 e. The van der Waals surface area contributed by atoms with E-state index in [4.69, 9.17) is 25.2 Å². The minimum atomic E-state index is -0.934. The summed E-state index contributed by atoms with van der Waals surface area (Å²) in [6, 6.07) is 16.2. The molecular formula is C26H20ClNO6. The van der Waals surface area contributed by atoms with E-state index >= 15 is 0 Å². The fraction of sp³-hybridized carbons (Fsp3) is 0.154. The number of aliphatic hydroxyl groups is 1. The Labute approximate surface area is 199 Å². The molecule has 2 aromatic heterocycles. The first kappa shape index (κ1) is 21.9. The molecule has 1 atom stereocenters. The molecule has 4 aromatic rings. The minimum Gasteiger partial charge on any atom is -0.503 e. The van der Waals surface area contributed by atoms with E-state index in [0.29, 0.717) is 33.3 Å². The van der Waals surface area contributed by atoms with E-state index in [0.717, 1.165) is 5.56 Å². The van der Waals surface area contributed by atoms with E-state index in [9.17, 15) is 14.7 Å². The van der Waals surface area contributed by atoms with Crippen molar-refractivity contribution in [2.75, 3.05) is 7.11 Å². The third kappa shape index (κ3) is 3.74. The topological polar surface area (TPSA) is 93.1 Å². The molecule has 0 radical (unpaired) electrons. The Morgan fingerprint density at radius 2 is 1.94 bits per heavy atom. The third-order valence-electron chi connectivity index (χ3n) is 5.77. The van der Waals surface area contributed by atoms with Crippen LogP contribution in [0, 0.1) is 6.92 Å². The fourth-order valence-electron chi connectivity index (χ4n) is 4.17. The maximum absolute atomic E-state index is 13.6. The van der Waals surface area contributed by atoms with Gasteiger partial charge in [-0.2, -0.15) is 0 Å². The zero-order valence-electron chi connectivity index (χ0n) is 18.4. The van der Waals surface area contributed by atoms with Gasteiger partial charge in [-0.15, -0.1) is 0 Å². The van der Waals surface area contributed by atoms with Crippen LogP contribution in [0.5, 0.6) is 5.75 Å². The van der Waals surface area contributed by atoms with Gasteiger partial charge in [-0.3, -0.25) is 9.59 Å². The summed E-state index contributed by atoms with van der Waals surface area (Å²) in [5.41, 5.74) is 1.13. The van der Waals surface area contributed by atoms with Gasteiger partial charge in [0.1, 0.15) is 28.9 Å². The molecule has 2 aromatic carbocycles. The van der Waals surface area contributed by atoms with E-state index in [1.165, 1.54) is 4.90 Å². The van der Waals surface area contributed by atoms with Crippen molar-refractivity contribution in [3.05, 3.63) is 99.9 Å². The summed E-state index contributed by atoms with van der Waals surface area (Å²) in [6.07, 6.45) is 0. The highest BCUT2D eigenvalue weighted by Gasteiger charge is 2.46. The van der Waals surface area contributed by atoms with E-state index in [1.807, 2.05) is 6.07 Å². The Bertz CT molecular complexity index is 1460. The van der Waals surface area contributed by atoms with Crippen molar-refractivity contribution < 1.29 is 28.3 Å². The molecule has 172 valence electrons. The van der Waals surface area contributed by atoms with Crippen LogP contribution >= 0.6 is 11.6 Å². The molecule has 1 aliphatic rings. The Hall–Kier alpha value is -3.97. The summed E-state index contributed by atoms with van der Waals surface area (Å²) in [7, 11) is 1.55. The molecule has 0 saturated heterocycles. The van der Waals surface area contributed by atoms with Crippen LogP contribution < -0.4 is 4.74 Å². The van der Waals surface area contributed by atoms with E-state index < -0.39 is 23.5 Å². The molecule has 0 fully saturated rings. The number of nitrogens with zero attached hydrogens (tertiary/aromatic N) is 1. The molecule has 1 unspecified atom stereocenters. The maximum Gasteiger partial charge on any atom is 0.290 e. The average molecular weight is 478 g/mol. The molecule has 0 spiro atoms. The van der Waals surface area contributed by atoms with Crippen LogP contribution in [0.4, 0.5) is 0 Å². The SMILES string of the molecule is COc1cccc(CN2C(=O)C(O)=C(C(=O)c3cc4cc(Cl)ccc4o3)C2c2ccc(C)o2)c1. The highest BCUT2D eigenvalue weighted by molar-refractivity contribution is 6.31. The normalized spacial score (nSPS) is 16.0. The highest BCUT2D eigenvalue weighted by Crippen LogP contribution is 2.41. The van der Waals surface area contributed by atoms with Gasteiger partial charge in [-0.05, 0) is 61.0 Å². The molecule has 1 amide bonds. The summed E-state index contributed by atoms with van der Waals surface area (Å²) < 4.78 is 16.8. The predicted molar refractivity (Wildman–Crippen MR) is 125 cm³/mol. The van der Waals surface area contributed by atoms with Gasteiger partial charge in [0.25, 0.3) is 5.91 Å². The molecule has 0 bridgehead atoms. The molecule has 1 aliphatic heterocycles. The minimum absolute atomic E-state index is 0.0110. The molecule has 0 aliphatic carbocycles. The lowest BCUT2D eigenvalue weighted by molar-refractivity contribution is -0.130. The van der Waals surface area contributed by atoms with Gasteiger partial charge in [0.05, 0.1) is 12.7 Å². The number of carbonyl (C=O) groups is 2. The van der Waals surface area contributed by atoms with Crippen molar-refractivity contribution in [2.24, 2.45) is 0 Å². The van der Waals surface area contributed by atoms with Crippen molar-refractivity contribution in [1.29, 1.82) is 0 Å². The highest BCUT2D eigenvalue weighted by atomic mass is 35.5. The Kier molecular flexibility index (Phi) is 5.42. The van der Waals surface area contributed by atoms with Crippen LogP contribution in [-0.2, 0) is 11.3 Å².